The van der Waals surface area contributed by atoms with E-state index in [2.05, 4.69) is 31.3 Å². The Morgan fingerprint density at radius 1 is 1.44 bits per heavy atom. The predicted octanol–water partition coefficient (Wildman–Crippen LogP) is 2.83. The molecule has 18 heavy (non-hydrogen) atoms. The summed E-state index contributed by atoms with van der Waals surface area (Å²) in [6.07, 6.45) is 2.21. The Kier molecular flexibility index (Phi) is 3.93. The average molecular weight is 249 g/mol. The van der Waals surface area contributed by atoms with Gasteiger partial charge in [0.25, 0.3) is 0 Å². The lowest BCUT2D eigenvalue weighted by Crippen LogP contribution is -2.39. The maximum absolute atomic E-state index is 5.97. The van der Waals surface area contributed by atoms with E-state index in [1.54, 1.807) is 7.11 Å². The summed E-state index contributed by atoms with van der Waals surface area (Å²) in [7, 11) is 3.71. The highest BCUT2D eigenvalue weighted by molar-refractivity contribution is 5.40. The number of rotatable bonds is 4. The molecule has 100 valence electrons. The van der Waals surface area contributed by atoms with Gasteiger partial charge in [-0.1, -0.05) is 17.7 Å². The first-order chi connectivity index (χ1) is 8.60. The number of nitrogens with one attached hydrogen (secondary N) is 1. The molecule has 0 spiro atoms. The molecule has 0 amide bonds. The molecule has 1 aliphatic heterocycles. The van der Waals surface area contributed by atoms with Gasteiger partial charge in [0.05, 0.1) is 18.8 Å². The molecule has 3 heteroatoms. The highest BCUT2D eigenvalue weighted by Crippen LogP contribution is 2.40. The molecule has 1 aliphatic rings. The Hall–Kier alpha value is -1.06. The molecule has 1 heterocycles. The van der Waals surface area contributed by atoms with Gasteiger partial charge in [-0.3, -0.25) is 0 Å². The summed E-state index contributed by atoms with van der Waals surface area (Å²) >= 11 is 0. The monoisotopic (exact) mass is 249 g/mol. The van der Waals surface area contributed by atoms with Crippen LogP contribution in [0.15, 0.2) is 18.2 Å². The fourth-order valence-electron chi connectivity index (χ4n) is 2.90. The zero-order valence-corrected chi connectivity index (χ0v) is 11.7. The normalized spacial score (nSPS) is 25.1. The molecule has 1 aromatic rings. The lowest BCUT2D eigenvalue weighted by Gasteiger charge is -2.34. The summed E-state index contributed by atoms with van der Waals surface area (Å²) in [6.45, 7) is 5.14. The Bertz CT molecular complexity index is 411. The van der Waals surface area contributed by atoms with Gasteiger partial charge in [0.15, 0.2) is 0 Å². The summed E-state index contributed by atoms with van der Waals surface area (Å²) in [5.41, 5.74) is 2.28. The van der Waals surface area contributed by atoms with Crippen molar-refractivity contribution in [3.8, 4) is 5.75 Å². The minimum absolute atomic E-state index is 0.143. The standard InChI is InChI=1S/C15H23NO2/c1-11-6-7-13(17-4)12(10-11)14(16-3)15(2)8-5-9-18-15/h6-7,10,14,16H,5,8-9H2,1-4H3. The van der Waals surface area contributed by atoms with E-state index >= 15 is 0 Å². The topological polar surface area (TPSA) is 30.5 Å². The summed E-state index contributed by atoms with van der Waals surface area (Å²) in [5.74, 6) is 0.927. The smallest absolute Gasteiger partial charge is 0.123 e. The molecule has 0 saturated carbocycles. The fraction of sp³-hybridized carbons (Fsp3) is 0.600. The summed E-state index contributed by atoms with van der Waals surface area (Å²) < 4.78 is 11.5. The van der Waals surface area contributed by atoms with Crippen LogP contribution in [-0.4, -0.2) is 26.4 Å². The highest BCUT2D eigenvalue weighted by Gasteiger charge is 2.39. The van der Waals surface area contributed by atoms with Gasteiger partial charge in [-0.05, 0) is 39.8 Å². The molecule has 1 saturated heterocycles. The maximum atomic E-state index is 5.97. The van der Waals surface area contributed by atoms with E-state index in [-0.39, 0.29) is 11.6 Å². The molecule has 0 aliphatic carbocycles. The van der Waals surface area contributed by atoms with E-state index in [0.29, 0.717) is 0 Å². The van der Waals surface area contributed by atoms with Crippen LogP contribution in [0.4, 0.5) is 0 Å². The first-order valence-electron chi connectivity index (χ1n) is 6.56. The second-order valence-corrected chi connectivity index (χ2v) is 5.23. The molecule has 1 fully saturated rings. The molecule has 2 atom stereocenters. The van der Waals surface area contributed by atoms with Crippen LogP contribution in [0.1, 0.15) is 36.9 Å². The van der Waals surface area contributed by atoms with Crippen LogP contribution >= 0.6 is 0 Å². The number of likely N-dealkylation sites (N-methyl/N-ethyl adjacent to an activating group) is 1. The third-order valence-corrected chi connectivity index (χ3v) is 3.84. The molecule has 3 nitrogen and oxygen atoms in total. The predicted molar refractivity (Wildman–Crippen MR) is 73.1 cm³/mol. The number of hydrogen-bond donors (Lipinski definition) is 1. The Morgan fingerprint density at radius 3 is 2.78 bits per heavy atom. The lowest BCUT2D eigenvalue weighted by molar-refractivity contribution is -0.0110. The minimum atomic E-state index is -0.143. The summed E-state index contributed by atoms with van der Waals surface area (Å²) in [5, 5.41) is 3.40. The van der Waals surface area contributed by atoms with Crippen molar-refractivity contribution in [1.82, 2.24) is 5.32 Å². The third-order valence-electron chi connectivity index (χ3n) is 3.84. The molecule has 0 bridgehead atoms. The van der Waals surface area contributed by atoms with E-state index in [1.165, 1.54) is 11.1 Å². The highest BCUT2D eigenvalue weighted by atomic mass is 16.5. The quantitative estimate of drug-likeness (QED) is 0.890. The zero-order valence-electron chi connectivity index (χ0n) is 11.7. The number of methoxy groups -OCH3 is 1. The van der Waals surface area contributed by atoms with E-state index < -0.39 is 0 Å². The number of benzene rings is 1. The Morgan fingerprint density at radius 2 is 2.22 bits per heavy atom. The van der Waals surface area contributed by atoms with Gasteiger partial charge in [-0.15, -0.1) is 0 Å². The second kappa shape index (κ2) is 5.29. The van der Waals surface area contributed by atoms with E-state index in [9.17, 15) is 0 Å². The van der Waals surface area contributed by atoms with Gasteiger partial charge in [0.1, 0.15) is 5.75 Å². The van der Waals surface area contributed by atoms with Crippen molar-refractivity contribution in [1.29, 1.82) is 0 Å². The maximum Gasteiger partial charge on any atom is 0.123 e. The molecule has 2 rings (SSSR count). The van der Waals surface area contributed by atoms with Crippen molar-refractivity contribution in [2.24, 2.45) is 0 Å². The molecule has 0 aromatic heterocycles. The van der Waals surface area contributed by atoms with Gasteiger partial charge in [0.2, 0.25) is 0 Å². The first-order valence-corrected chi connectivity index (χ1v) is 6.56. The van der Waals surface area contributed by atoms with Crippen molar-refractivity contribution < 1.29 is 9.47 Å². The van der Waals surface area contributed by atoms with Crippen LogP contribution in [0.2, 0.25) is 0 Å². The van der Waals surface area contributed by atoms with Crippen molar-refractivity contribution in [3.63, 3.8) is 0 Å². The Balaban J connectivity index is 2.40. The van der Waals surface area contributed by atoms with E-state index in [4.69, 9.17) is 9.47 Å². The zero-order chi connectivity index (χ0) is 13.2. The van der Waals surface area contributed by atoms with Crippen LogP contribution in [0.5, 0.6) is 5.75 Å². The van der Waals surface area contributed by atoms with Crippen molar-refractivity contribution in [3.05, 3.63) is 29.3 Å². The van der Waals surface area contributed by atoms with Crippen LogP contribution in [0, 0.1) is 6.92 Å². The molecule has 1 aromatic carbocycles. The molecular formula is C15H23NO2. The third kappa shape index (κ3) is 2.38. The number of aryl methyl sites for hydroxylation is 1. The Labute approximate surface area is 109 Å². The molecule has 0 radical (unpaired) electrons. The summed E-state index contributed by atoms with van der Waals surface area (Å²) in [6, 6.07) is 6.46. The van der Waals surface area contributed by atoms with Crippen LogP contribution in [-0.2, 0) is 4.74 Å². The van der Waals surface area contributed by atoms with E-state index in [0.717, 1.165) is 25.2 Å². The minimum Gasteiger partial charge on any atom is -0.496 e. The van der Waals surface area contributed by atoms with Crippen LogP contribution in [0.25, 0.3) is 0 Å². The summed E-state index contributed by atoms with van der Waals surface area (Å²) in [4.78, 5) is 0. The van der Waals surface area contributed by atoms with Gasteiger partial charge < -0.3 is 14.8 Å². The van der Waals surface area contributed by atoms with Gasteiger partial charge in [0, 0.05) is 12.2 Å². The van der Waals surface area contributed by atoms with Crippen molar-refractivity contribution >= 4 is 0 Å². The first kappa shape index (κ1) is 13.4. The van der Waals surface area contributed by atoms with Gasteiger partial charge in [-0.2, -0.15) is 0 Å². The molecule has 1 N–H and O–H groups in total. The average Bonchev–Trinajstić information content (AvgIpc) is 2.78. The van der Waals surface area contributed by atoms with Gasteiger partial charge >= 0.3 is 0 Å². The largest absolute Gasteiger partial charge is 0.496 e. The fourth-order valence-corrected chi connectivity index (χ4v) is 2.90. The SMILES string of the molecule is CNC(c1cc(C)ccc1OC)C1(C)CCCO1. The number of ether oxygens (including phenoxy) is 2. The number of hydrogen-bond acceptors (Lipinski definition) is 3. The molecule has 2 unspecified atom stereocenters. The van der Waals surface area contributed by atoms with Crippen molar-refractivity contribution in [2.75, 3.05) is 20.8 Å². The van der Waals surface area contributed by atoms with Gasteiger partial charge in [-0.25, -0.2) is 0 Å². The lowest BCUT2D eigenvalue weighted by atomic mass is 9.86. The second-order valence-electron chi connectivity index (χ2n) is 5.23. The van der Waals surface area contributed by atoms with Crippen LogP contribution < -0.4 is 10.1 Å². The van der Waals surface area contributed by atoms with Crippen LogP contribution in [0.3, 0.4) is 0 Å². The van der Waals surface area contributed by atoms with E-state index in [1.807, 2.05) is 13.1 Å². The molecular weight excluding hydrogens is 226 g/mol. The van der Waals surface area contributed by atoms with Crippen molar-refractivity contribution in [2.45, 2.75) is 38.3 Å².